The molecule has 0 saturated carbocycles. The van der Waals surface area contributed by atoms with Gasteiger partial charge in [-0.3, -0.25) is 9.36 Å². The van der Waals surface area contributed by atoms with E-state index in [1.54, 1.807) is 38.1 Å². The van der Waals surface area contributed by atoms with Crippen molar-refractivity contribution in [2.24, 2.45) is 0 Å². The number of ether oxygens (including phenoxy) is 1. The highest BCUT2D eigenvalue weighted by atomic mass is 31.2. The molecule has 8 nitrogen and oxygen atoms in total. The van der Waals surface area contributed by atoms with Crippen LogP contribution in [0, 0.1) is 0 Å². The van der Waals surface area contributed by atoms with Crippen LogP contribution in [-0.4, -0.2) is 31.8 Å². The Kier molecular flexibility index (Phi) is 10.9. The molecule has 2 aromatic carbocycles. The van der Waals surface area contributed by atoms with Crippen LogP contribution in [-0.2, 0) is 35.9 Å². The van der Waals surface area contributed by atoms with Gasteiger partial charge in [0.05, 0.1) is 19.4 Å². The molecule has 0 heterocycles. The summed E-state index contributed by atoms with van der Waals surface area (Å²) in [6.45, 7) is 4.70. The average molecular weight is 462 g/mol. The van der Waals surface area contributed by atoms with Gasteiger partial charge in [-0.05, 0) is 43.5 Å². The van der Waals surface area contributed by atoms with Gasteiger partial charge in [0, 0.05) is 18.7 Å². The van der Waals surface area contributed by atoms with Gasteiger partial charge in [-0.1, -0.05) is 42.5 Å². The monoisotopic (exact) mass is 462 g/mol. The van der Waals surface area contributed by atoms with Gasteiger partial charge in [-0.25, -0.2) is 4.79 Å². The SMILES string of the molecule is CCOP(=O)(Cc1ccc(NC(=O)CCCNC(=O)OCc2ccccc2)cc1)OCC. The van der Waals surface area contributed by atoms with E-state index in [2.05, 4.69) is 10.6 Å². The minimum absolute atomic E-state index is 0.161. The molecule has 0 aliphatic carbocycles. The van der Waals surface area contributed by atoms with E-state index in [0.717, 1.165) is 11.1 Å². The lowest BCUT2D eigenvalue weighted by Gasteiger charge is -2.17. The van der Waals surface area contributed by atoms with Crippen molar-refractivity contribution in [2.75, 3.05) is 25.1 Å². The summed E-state index contributed by atoms with van der Waals surface area (Å²) in [4.78, 5) is 23.8. The second kappa shape index (κ2) is 13.7. The molecule has 2 aromatic rings. The molecule has 0 aromatic heterocycles. The molecule has 0 atom stereocenters. The van der Waals surface area contributed by atoms with Gasteiger partial charge in [-0.15, -0.1) is 0 Å². The molecule has 0 saturated heterocycles. The lowest BCUT2D eigenvalue weighted by molar-refractivity contribution is -0.116. The summed E-state index contributed by atoms with van der Waals surface area (Å²) in [6, 6.07) is 16.5. The minimum Gasteiger partial charge on any atom is -0.445 e. The highest BCUT2D eigenvalue weighted by Crippen LogP contribution is 2.51. The van der Waals surface area contributed by atoms with Gasteiger partial charge < -0.3 is 24.4 Å². The van der Waals surface area contributed by atoms with Crippen LogP contribution in [0.3, 0.4) is 0 Å². The van der Waals surface area contributed by atoms with Crippen LogP contribution >= 0.6 is 7.60 Å². The molecule has 0 spiro atoms. The molecular formula is C23H31N2O6P. The number of amides is 2. The van der Waals surface area contributed by atoms with Crippen molar-refractivity contribution in [3.63, 3.8) is 0 Å². The van der Waals surface area contributed by atoms with E-state index in [1.165, 1.54) is 0 Å². The molecule has 2 N–H and O–H groups in total. The Hall–Kier alpha value is -2.67. The van der Waals surface area contributed by atoms with Crippen LogP contribution in [0.25, 0.3) is 0 Å². The molecule has 0 aliphatic heterocycles. The normalized spacial score (nSPS) is 11.1. The van der Waals surface area contributed by atoms with Crippen LogP contribution in [0.1, 0.15) is 37.8 Å². The molecule has 0 unspecified atom stereocenters. The van der Waals surface area contributed by atoms with Crippen molar-refractivity contribution in [3.8, 4) is 0 Å². The first kappa shape index (κ1) is 25.6. The molecule has 0 aliphatic rings. The topological polar surface area (TPSA) is 103 Å². The Balaban J connectivity index is 1.67. The van der Waals surface area contributed by atoms with Crippen LogP contribution < -0.4 is 10.6 Å². The van der Waals surface area contributed by atoms with E-state index >= 15 is 0 Å². The fraction of sp³-hybridized carbons (Fsp3) is 0.391. The van der Waals surface area contributed by atoms with E-state index in [9.17, 15) is 14.2 Å². The lowest BCUT2D eigenvalue weighted by atomic mass is 10.2. The zero-order chi connectivity index (χ0) is 23.2. The number of hydrogen-bond acceptors (Lipinski definition) is 6. The Bertz CT molecular complexity index is 879. The van der Waals surface area contributed by atoms with Crippen molar-refractivity contribution in [3.05, 3.63) is 65.7 Å². The van der Waals surface area contributed by atoms with Crippen molar-refractivity contribution in [1.82, 2.24) is 5.32 Å². The highest BCUT2D eigenvalue weighted by Gasteiger charge is 2.23. The van der Waals surface area contributed by atoms with Crippen molar-refractivity contribution < 1.29 is 27.9 Å². The molecular weight excluding hydrogens is 431 g/mol. The highest BCUT2D eigenvalue weighted by molar-refractivity contribution is 7.53. The van der Waals surface area contributed by atoms with Gasteiger partial charge >= 0.3 is 13.7 Å². The van der Waals surface area contributed by atoms with Gasteiger partial charge in [0.15, 0.2) is 0 Å². The Labute approximate surface area is 189 Å². The second-order valence-corrected chi connectivity index (χ2v) is 9.00. The van der Waals surface area contributed by atoms with E-state index in [0.29, 0.717) is 31.9 Å². The molecule has 9 heteroatoms. The zero-order valence-electron chi connectivity index (χ0n) is 18.5. The molecule has 2 amide bonds. The molecule has 2 rings (SSSR count). The van der Waals surface area contributed by atoms with Crippen LogP contribution in [0.4, 0.5) is 10.5 Å². The summed E-state index contributed by atoms with van der Waals surface area (Å²) >= 11 is 0. The number of alkyl carbamates (subject to hydrolysis) is 1. The Morgan fingerprint density at radius 2 is 1.56 bits per heavy atom. The number of carbonyl (C=O) groups is 2. The second-order valence-electron chi connectivity index (χ2n) is 6.94. The third kappa shape index (κ3) is 9.64. The smallest absolute Gasteiger partial charge is 0.407 e. The first-order chi connectivity index (χ1) is 15.4. The summed E-state index contributed by atoms with van der Waals surface area (Å²) in [7, 11) is -3.17. The standard InChI is InChI=1S/C23H31N2O6P/c1-3-30-32(28,31-4-2)18-20-12-14-21(15-13-20)25-22(26)11-8-16-24-23(27)29-17-19-9-6-5-7-10-19/h5-7,9-10,12-15H,3-4,8,11,16-18H2,1-2H3,(H,24,27)(H,25,26). The number of carbonyl (C=O) groups excluding carboxylic acids is 2. The lowest BCUT2D eigenvalue weighted by Crippen LogP contribution is -2.26. The molecule has 32 heavy (non-hydrogen) atoms. The summed E-state index contributed by atoms with van der Waals surface area (Å²) in [5.41, 5.74) is 2.34. The fourth-order valence-corrected chi connectivity index (χ4v) is 4.58. The number of anilines is 1. The number of benzene rings is 2. The third-order valence-electron chi connectivity index (χ3n) is 4.33. The number of rotatable bonds is 13. The summed E-state index contributed by atoms with van der Waals surface area (Å²) in [5.74, 6) is -0.161. The predicted molar refractivity (Wildman–Crippen MR) is 123 cm³/mol. The van der Waals surface area contributed by atoms with E-state index in [4.69, 9.17) is 13.8 Å². The van der Waals surface area contributed by atoms with Gasteiger partial charge in [0.2, 0.25) is 5.91 Å². The summed E-state index contributed by atoms with van der Waals surface area (Å²) < 4.78 is 28.3. The number of nitrogens with one attached hydrogen (secondary N) is 2. The number of hydrogen-bond donors (Lipinski definition) is 2. The summed E-state index contributed by atoms with van der Waals surface area (Å²) in [5, 5.41) is 5.43. The largest absolute Gasteiger partial charge is 0.445 e. The van der Waals surface area contributed by atoms with Crippen molar-refractivity contribution in [1.29, 1.82) is 0 Å². The molecule has 174 valence electrons. The van der Waals surface area contributed by atoms with Crippen molar-refractivity contribution >= 4 is 25.3 Å². The van der Waals surface area contributed by atoms with Gasteiger partial charge in [0.25, 0.3) is 0 Å². The average Bonchev–Trinajstić information content (AvgIpc) is 2.77. The van der Waals surface area contributed by atoms with E-state index in [-0.39, 0.29) is 25.1 Å². The van der Waals surface area contributed by atoms with E-state index in [1.807, 2.05) is 30.3 Å². The maximum absolute atomic E-state index is 12.6. The first-order valence-electron chi connectivity index (χ1n) is 10.7. The maximum Gasteiger partial charge on any atom is 0.407 e. The summed E-state index contributed by atoms with van der Waals surface area (Å²) in [6.07, 6.45) is 0.400. The third-order valence-corrected chi connectivity index (χ3v) is 6.38. The van der Waals surface area contributed by atoms with Crippen LogP contribution in [0.15, 0.2) is 54.6 Å². The molecule has 0 fully saturated rings. The first-order valence-corrected chi connectivity index (χ1v) is 12.4. The van der Waals surface area contributed by atoms with Crippen molar-refractivity contribution in [2.45, 2.75) is 39.5 Å². The minimum atomic E-state index is -3.17. The molecule has 0 bridgehead atoms. The van der Waals surface area contributed by atoms with Crippen LogP contribution in [0.2, 0.25) is 0 Å². The molecule has 0 radical (unpaired) electrons. The zero-order valence-corrected chi connectivity index (χ0v) is 19.4. The Morgan fingerprint density at radius 1 is 0.906 bits per heavy atom. The van der Waals surface area contributed by atoms with Gasteiger partial charge in [-0.2, -0.15) is 0 Å². The van der Waals surface area contributed by atoms with Crippen LogP contribution in [0.5, 0.6) is 0 Å². The van der Waals surface area contributed by atoms with E-state index < -0.39 is 13.7 Å². The quantitative estimate of drug-likeness (QED) is 0.317. The maximum atomic E-state index is 12.6. The predicted octanol–water partition coefficient (Wildman–Crippen LogP) is 5.10. The fourth-order valence-electron chi connectivity index (χ4n) is 2.88. The van der Waals surface area contributed by atoms with Gasteiger partial charge in [0.1, 0.15) is 6.61 Å². The Morgan fingerprint density at radius 3 is 2.19 bits per heavy atom.